The maximum atomic E-state index is 11.9. The maximum absolute atomic E-state index is 11.9. The van der Waals surface area contributed by atoms with Crippen molar-refractivity contribution < 1.29 is 23.1 Å². The van der Waals surface area contributed by atoms with E-state index >= 15 is 0 Å². The Morgan fingerprint density at radius 2 is 1.76 bits per heavy atom. The van der Waals surface area contributed by atoms with Crippen molar-refractivity contribution in [2.75, 3.05) is 0 Å². The van der Waals surface area contributed by atoms with Crippen molar-refractivity contribution in [2.45, 2.75) is 6.18 Å². The lowest BCUT2D eigenvalue weighted by Crippen LogP contribution is -2.22. The molecule has 0 N–H and O–H groups in total. The SMILES string of the molecule is O=C(/C=C(\[O-])c1cc(Cl)nc(Cl)c1)C(F)(F)F. The summed E-state index contributed by atoms with van der Waals surface area (Å²) in [7, 11) is 0. The van der Waals surface area contributed by atoms with E-state index in [1.165, 1.54) is 0 Å². The molecule has 0 fully saturated rings. The van der Waals surface area contributed by atoms with Crippen molar-refractivity contribution in [3.8, 4) is 0 Å². The third-order valence-electron chi connectivity index (χ3n) is 1.59. The van der Waals surface area contributed by atoms with Crippen LogP contribution in [0.4, 0.5) is 13.2 Å². The predicted molar refractivity (Wildman–Crippen MR) is 53.3 cm³/mol. The van der Waals surface area contributed by atoms with Crippen LogP contribution in [-0.2, 0) is 4.79 Å². The second kappa shape index (κ2) is 4.93. The minimum Gasteiger partial charge on any atom is -0.872 e. The molecular formula is C9H3Cl2F3NO2-. The van der Waals surface area contributed by atoms with Gasteiger partial charge in [0.05, 0.1) is 0 Å². The molecule has 1 rings (SSSR count). The number of rotatable bonds is 2. The highest BCUT2D eigenvalue weighted by molar-refractivity contribution is 6.32. The molecule has 92 valence electrons. The van der Waals surface area contributed by atoms with Crippen molar-refractivity contribution in [1.29, 1.82) is 0 Å². The Balaban J connectivity index is 3.08. The number of nitrogens with zero attached hydrogens (tertiary/aromatic N) is 1. The van der Waals surface area contributed by atoms with Gasteiger partial charge in [0.1, 0.15) is 10.3 Å². The zero-order valence-electron chi connectivity index (χ0n) is 7.89. The number of aromatic nitrogens is 1. The number of carbonyl (C=O) groups is 1. The molecule has 8 heteroatoms. The molecule has 0 unspecified atom stereocenters. The smallest absolute Gasteiger partial charge is 0.454 e. The van der Waals surface area contributed by atoms with Gasteiger partial charge in [-0.15, -0.1) is 0 Å². The van der Waals surface area contributed by atoms with Gasteiger partial charge in [0.25, 0.3) is 5.78 Å². The van der Waals surface area contributed by atoms with Crippen LogP contribution in [0.1, 0.15) is 5.56 Å². The maximum Gasteiger partial charge on any atom is 0.454 e. The van der Waals surface area contributed by atoms with E-state index in [9.17, 15) is 23.1 Å². The standard InChI is InChI=1S/C9H4Cl2F3NO2/c10-7-1-4(2-8(11)15-7)5(16)3-6(17)9(12,13)14/h1-3,16H/p-1/b5-3-. The summed E-state index contributed by atoms with van der Waals surface area (Å²) < 4.78 is 35.7. The first-order valence-electron chi connectivity index (χ1n) is 4.03. The van der Waals surface area contributed by atoms with Crippen LogP contribution in [0.3, 0.4) is 0 Å². The van der Waals surface area contributed by atoms with Gasteiger partial charge < -0.3 is 5.11 Å². The van der Waals surface area contributed by atoms with Crippen molar-refractivity contribution in [1.82, 2.24) is 4.98 Å². The van der Waals surface area contributed by atoms with E-state index < -0.39 is 17.7 Å². The van der Waals surface area contributed by atoms with E-state index in [1.807, 2.05) is 0 Å². The average molecular weight is 285 g/mol. The van der Waals surface area contributed by atoms with Gasteiger partial charge in [0, 0.05) is 0 Å². The molecule has 0 atom stereocenters. The largest absolute Gasteiger partial charge is 0.872 e. The molecule has 3 nitrogen and oxygen atoms in total. The third kappa shape index (κ3) is 3.90. The second-order valence-corrected chi connectivity index (χ2v) is 3.65. The molecule has 0 saturated heterocycles. The van der Waals surface area contributed by atoms with E-state index in [0.717, 1.165) is 12.1 Å². The zero-order valence-corrected chi connectivity index (χ0v) is 9.40. The number of hydrogen-bond acceptors (Lipinski definition) is 3. The first-order valence-corrected chi connectivity index (χ1v) is 4.79. The van der Waals surface area contributed by atoms with E-state index in [1.54, 1.807) is 0 Å². The molecule has 0 aromatic carbocycles. The van der Waals surface area contributed by atoms with Crippen LogP contribution < -0.4 is 5.11 Å². The second-order valence-electron chi connectivity index (χ2n) is 2.87. The number of pyridine rings is 1. The summed E-state index contributed by atoms with van der Waals surface area (Å²) in [6, 6.07) is 2.02. The highest BCUT2D eigenvalue weighted by atomic mass is 35.5. The minimum absolute atomic E-state index is 0.0675. The van der Waals surface area contributed by atoms with Crippen LogP contribution in [0.5, 0.6) is 0 Å². The predicted octanol–water partition coefficient (Wildman–Crippen LogP) is 2.22. The van der Waals surface area contributed by atoms with Crippen molar-refractivity contribution in [2.24, 2.45) is 0 Å². The lowest BCUT2D eigenvalue weighted by atomic mass is 10.2. The van der Waals surface area contributed by atoms with E-state index in [4.69, 9.17) is 23.2 Å². The number of halogens is 5. The highest BCUT2D eigenvalue weighted by Crippen LogP contribution is 2.21. The number of alkyl halides is 3. The third-order valence-corrected chi connectivity index (χ3v) is 1.98. The van der Waals surface area contributed by atoms with Crippen molar-refractivity contribution in [3.63, 3.8) is 0 Å². The summed E-state index contributed by atoms with van der Waals surface area (Å²) in [6.07, 6.45) is -5.15. The van der Waals surface area contributed by atoms with Gasteiger partial charge in [0.2, 0.25) is 0 Å². The van der Waals surface area contributed by atoms with E-state index in [-0.39, 0.29) is 21.9 Å². The van der Waals surface area contributed by atoms with Crippen molar-refractivity contribution >= 4 is 34.7 Å². The Morgan fingerprint density at radius 1 is 1.29 bits per heavy atom. The molecule has 1 heterocycles. The fraction of sp³-hybridized carbons (Fsp3) is 0.111. The van der Waals surface area contributed by atoms with Gasteiger partial charge in [-0.1, -0.05) is 29.0 Å². The van der Waals surface area contributed by atoms with E-state index in [0.29, 0.717) is 0 Å². The number of hydrogen-bond donors (Lipinski definition) is 0. The van der Waals surface area contributed by atoms with Gasteiger partial charge in [0.15, 0.2) is 0 Å². The van der Waals surface area contributed by atoms with Gasteiger partial charge in [-0.3, -0.25) is 4.79 Å². The molecule has 17 heavy (non-hydrogen) atoms. The van der Waals surface area contributed by atoms with Crippen LogP contribution in [0.25, 0.3) is 5.76 Å². The monoisotopic (exact) mass is 284 g/mol. The van der Waals surface area contributed by atoms with Gasteiger partial charge >= 0.3 is 6.18 Å². The Bertz CT molecular complexity index is 465. The number of ketones is 1. The van der Waals surface area contributed by atoms with Crippen LogP contribution in [-0.4, -0.2) is 16.9 Å². The molecule has 0 radical (unpaired) electrons. The minimum atomic E-state index is -5.09. The molecule has 0 aliphatic carbocycles. The first kappa shape index (κ1) is 13.8. The Morgan fingerprint density at radius 3 is 2.18 bits per heavy atom. The van der Waals surface area contributed by atoms with Gasteiger partial charge in [-0.2, -0.15) is 13.2 Å². The molecule has 0 aliphatic heterocycles. The Kier molecular flexibility index (Phi) is 4.00. The summed E-state index contributed by atoms with van der Waals surface area (Å²) in [6.45, 7) is 0. The Labute approximate surface area is 103 Å². The topological polar surface area (TPSA) is 53.0 Å². The highest BCUT2D eigenvalue weighted by Gasteiger charge is 2.36. The first-order chi connectivity index (χ1) is 7.70. The molecule has 0 amide bonds. The van der Waals surface area contributed by atoms with Gasteiger partial charge in [-0.25, -0.2) is 4.98 Å². The normalized spacial score (nSPS) is 12.6. The zero-order chi connectivity index (χ0) is 13.2. The summed E-state index contributed by atoms with van der Waals surface area (Å²) >= 11 is 10.9. The summed E-state index contributed by atoms with van der Waals surface area (Å²) in [5, 5.41) is 11.0. The fourth-order valence-electron chi connectivity index (χ4n) is 0.891. The van der Waals surface area contributed by atoms with Crippen LogP contribution >= 0.6 is 23.2 Å². The van der Waals surface area contributed by atoms with Gasteiger partial charge in [-0.05, 0) is 23.8 Å². The lowest BCUT2D eigenvalue weighted by molar-refractivity contribution is -0.244. The quantitative estimate of drug-likeness (QED) is 0.475. The lowest BCUT2D eigenvalue weighted by Gasteiger charge is -2.13. The molecule has 1 aromatic heterocycles. The molecule has 1 aromatic rings. The molecule has 0 bridgehead atoms. The summed E-state index contributed by atoms with van der Waals surface area (Å²) in [5.41, 5.74) is -0.243. The van der Waals surface area contributed by atoms with Crippen LogP contribution in [0.15, 0.2) is 18.2 Å². The molecule has 0 spiro atoms. The van der Waals surface area contributed by atoms with Crippen molar-refractivity contribution in [3.05, 3.63) is 34.1 Å². The van der Waals surface area contributed by atoms with Crippen LogP contribution in [0.2, 0.25) is 10.3 Å². The van der Waals surface area contributed by atoms with Crippen LogP contribution in [0, 0.1) is 0 Å². The summed E-state index contributed by atoms with van der Waals surface area (Å²) in [4.78, 5) is 14.0. The van der Waals surface area contributed by atoms with E-state index in [2.05, 4.69) is 4.98 Å². The summed E-state index contributed by atoms with van der Waals surface area (Å²) in [5.74, 6) is -3.38. The molecule has 0 saturated carbocycles. The number of allylic oxidation sites excluding steroid dienone is 1. The fourth-order valence-corrected chi connectivity index (χ4v) is 1.35. The Hall–Kier alpha value is -1.27. The molecule has 0 aliphatic rings. The number of carbonyl (C=O) groups excluding carboxylic acids is 1. The average Bonchev–Trinajstić information content (AvgIpc) is 2.14. The molecular weight excluding hydrogens is 282 g/mol.